The fourth-order valence-corrected chi connectivity index (χ4v) is 3.24. The lowest BCUT2D eigenvalue weighted by molar-refractivity contribution is 0.0407. The summed E-state index contributed by atoms with van der Waals surface area (Å²) in [5.74, 6) is 0.422. The van der Waals surface area contributed by atoms with E-state index in [2.05, 4.69) is 12.2 Å². The second-order valence-electron chi connectivity index (χ2n) is 6.76. The summed E-state index contributed by atoms with van der Waals surface area (Å²) in [4.78, 5) is 0. The minimum absolute atomic E-state index is 0.153. The van der Waals surface area contributed by atoms with Crippen LogP contribution in [0.3, 0.4) is 0 Å². The van der Waals surface area contributed by atoms with Crippen molar-refractivity contribution in [1.82, 2.24) is 5.32 Å². The second-order valence-corrected chi connectivity index (χ2v) is 6.76. The van der Waals surface area contributed by atoms with E-state index in [-0.39, 0.29) is 5.82 Å². The molecule has 0 spiro atoms. The average Bonchev–Trinajstić information content (AvgIpc) is 3.21. The normalized spacial score (nSPS) is 27.0. The first kappa shape index (κ1) is 15.0. The topological polar surface area (TPSA) is 21.3 Å². The Morgan fingerprint density at radius 2 is 1.95 bits per heavy atom. The fourth-order valence-electron chi connectivity index (χ4n) is 3.24. The van der Waals surface area contributed by atoms with E-state index in [0.717, 1.165) is 25.4 Å². The first-order chi connectivity index (χ1) is 10.2. The summed E-state index contributed by atoms with van der Waals surface area (Å²) in [6.45, 7) is 3.22. The van der Waals surface area contributed by atoms with E-state index in [9.17, 15) is 4.39 Å². The molecule has 1 aromatic carbocycles. The fraction of sp³-hybridized carbons (Fsp3) is 0.667. The zero-order valence-corrected chi connectivity index (χ0v) is 12.9. The van der Waals surface area contributed by atoms with Gasteiger partial charge in [0, 0.05) is 6.04 Å². The standard InChI is InChI=1S/C18H26FNO/c1-13-2-9-18(21-13)11-15(12-20-17-7-8-17)10-14-3-5-16(19)6-4-14/h3-6,13,15,17-18,20H,2,7-12H2,1H3. The smallest absolute Gasteiger partial charge is 0.123 e. The van der Waals surface area contributed by atoms with Gasteiger partial charge in [0.05, 0.1) is 12.2 Å². The molecule has 2 nitrogen and oxygen atoms in total. The summed E-state index contributed by atoms with van der Waals surface area (Å²) in [5.41, 5.74) is 1.23. The molecule has 0 aromatic heterocycles. The number of ether oxygens (including phenoxy) is 1. The molecule has 3 atom stereocenters. The van der Waals surface area contributed by atoms with Crippen molar-refractivity contribution in [3.8, 4) is 0 Å². The summed E-state index contributed by atoms with van der Waals surface area (Å²) in [6, 6.07) is 7.70. The molecule has 3 rings (SSSR count). The quantitative estimate of drug-likeness (QED) is 0.827. The van der Waals surface area contributed by atoms with Gasteiger partial charge in [-0.2, -0.15) is 0 Å². The minimum Gasteiger partial charge on any atom is -0.375 e. The molecule has 2 aliphatic rings. The van der Waals surface area contributed by atoms with Crippen LogP contribution >= 0.6 is 0 Å². The van der Waals surface area contributed by atoms with Gasteiger partial charge in [-0.25, -0.2) is 4.39 Å². The summed E-state index contributed by atoms with van der Waals surface area (Å²) in [5, 5.41) is 3.64. The Labute approximate surface area is 127 Å². The Morgan fingerprint density at radius 3 is 2.57 bits per heavy atom. The van der Waals surface area contributed by atoms with Crippen molar-refractivity contribution < 1.29 is 9.13 Å². The van der Waals surface area contributed by atoms with Crippen LogP contribution in [0.4, 0.5) is 4.39 Å². The number of nitrogens with one attached hydrogen (secondary N) is 1. The van der Waals surface area contributed by atoms with Gasteiger partial charge in [0.1, 0.15) is 5.82 Å². The van der Waals surface area contributed by atoms with Crippen molar-refractivity contribution in [3.63, 3.8) is 0 Å². The molecule has 0 radical (unpaired) electrons. The van der Waals surface area contributed by atoms with Gasteiger partial charge < -0.3 is 10.1 Å². The SMILES string of the molecule is CC1CCC(CC(CNC2CC2)Cc2ccc(F)cc2)O1. The summed E-state index contributed by atoms with van der Waals surface area (Å²) < 4.78 is 19.0. The Balaban J connectivity index is 1.55. The highest BCUT2D eigenvalue weighted by molar-refractivity contribution is 5.16. The van der Waals surface area contributed by atoms with Gasteiger partial charge in [-0.15, -0.1) is 0 Å². The molecule has 1 aromatic rings. The Bertz CT molecular complexity index is 443. The number of benzene rings is 1. The molecule has 1 N–H and O–H groups in total. The molecular weight excluding hydrogens is 265 g/mol. The van der Waals surface area contributed by atoms with Crippen LogP contribution in [0.1, 0.15) is 44.6 Å². The lowest BCUT2D eigenvalue weighted by atomic mass is 9.92. The predicted molar refractivity (Wildman–Crippen MR) is 82.8 cm³/mol. The number of rotatable bonds is 7. The zero-order valence-electron chi connectivity index (χ0n) is 12.9. The third kappa shape index (κ3) is 4.79. The number of hydrogen-bond acceptors (Lipinski definition) is 2. The largest absolute Gasteiger partial charge is 0.375 e. The number of hydrogen-bond donors (Lipinski definition) is 1. The van der Waals surface area contributed by atoms with Crippen molar-refractivity contribution in [1.29, 1.82) is 0 Å². The average molecular weight is 291 g/mol. The highest BCUT2D eigenvalue weighted by atomic mass is 19.1. The third-order valence-corrected chi connectivity index (χ3v) is 4.63. The van der Waals surface area contributed by atoms with E-state index in [1.54, 1.807) is 12.1 Å². The van der Waals surface area contributed by atoms with E-state index < -0.39 is 0 Å². The molecular formula is C18H26FNO. The number of halogens is 1. The highest BCUT2D eigenvalue weighted by Crippen LogP contribution is 2.27. The molecule has 1 aliphatic carbocycles. The highest BCUT2D eigenvalue weighted by Gasteiger charge is 2.27. The molecule has 1 saturated heterocycles. The van der Waals surface area contributed by atoms with Gasteiger partial charge >= 0.3 is 0 Å². The molecule has 21 heavy (non-hydrogen) atoms. The Hall–Kier alpha value is -0.930. The van der Waals surface area contributed by atoms with E-state index >= 15 is 0 Å². The predicted octanol–water partition coefficient (Wildman–Crippen LogP) is 3.69. The summed E-state index contributed by atoms with van der Waals surface area (Å²) in [7, 11) is 0. The molecule has 3 heteroatoms. The molecule has 1 heterocycles. The minimum atomic E-state index is -0.153. The zero-order chi connectivity index (χ0) is 14.7. The maximum atomic E-state index is 13.0. The maximum Gasteiger partial charge on any atom is 0.123 e. The van der Waals surface area contributed by atoms with Crippen LogP contribution in [0.5, 0.6) is 0 Å². The van der Waals surface area contributed by atoms with E-state index in [1.165, 1.54) is 31.2 Å². The van der Waals surface area contributed by atoms with Crippen molar-refractivity contribution >= 4 is 0 Å². The summed E-state index contributed by atoms with van der Waals surface area (Å²) in [6.07, 6.45) is 7.95. The molecule has 2 fully saturated rings. The molecule has 3 unspecified atom stereocenters. The van der Waals surface area contributed by atoms with E-state index in [1.807, 2.05) is 12.1 Å². The van der Waals surface area contributed by atoms with Crippen LogP contribution < -0.4 is 5.32 Å². The van der Waals surface area contributed by atoms with Crippen LogP contribution in [0.25, 0.3) is 0 Å². The molecule has 116 valence electrons. The van der Waals surface area contributed by atoms with Gasteiger partial charge in [0.15, 0.2) is 0 Å². The first-order valence-electron chi connectivity index (χ1n) is 8.32. The lowest BCUT2D eigenvalue weighted by Crippen LogP contribution is -2.29. The van der Waals surface area contributed by atoms with Crippen LogP contribution in [0.2, 0.25) is 0 Å². The third-order valence-electron chi connectivity index (χ3n) is 4.63. The van der Waals surface area contributed by atoms with Crippen molar-refractivity contribution in [3.05, 3.63) is 35.6 Å². The molecule has 0 bridgehead atoms. The maximum absolute atomic E-state index is 13.0. The molecule has 1 aliphatic heterocycles. The Kier molecular flexibility index (Phi) is 4.91. The van der Waals surface area contributed by atoms with Crippen molar-refractivity contribution in [2.24, 2.45) is 5.92 Å². The van der Waals surface area contributed by atoms with Gasteiger partial charge in [-0.3, -0.25) is 0 Å². The van der Waals surface area contributed by atoms with Crippen LogP contribution in [-0.2, 0) is 11.2 Å². The summed E-state index contributed by atoms with van der Waals surface area (Å²) >= 11 is 0. The van der Waals surface area contributed by atoms with Crippen molar-refractivity contribution in [2.45, 2.75) is 63.7 Å². The van der Waals surface area contributed by atoms with Crippen LogP contribution in [0.15, 0.2) is 24.3 Å². The monoisotopic (exact) mass is 291 g/mol. The van der Waals surface area contributed by atoms with Crippen LogP contribution in [-0.4, -0.2) is 24.8 Å². The van der Waals surface area contributed by atoms with Gasteiger partial charge in [-0.1, -0.05) is 12.1 Å². The Morgan fingerprint density at radius 1 is 1.19 bits per heavy atom. The van der Waals surface area contributed by atoms with Crippen molar-refractivity contribution in [2.75, 3.05) is 6.54 Å². The van der Waals surface area contributed by atoms with E-state index in [0.29, 0.717) is 18.1 Å². The van der Waals surface area contributed by atoms with Gasteiger partial charge in [0.2, 0.25) is 0 Å². The van der Waals surface area contributed by atoms with E-state index in [4.69, 9.17) is 4.74 Å². The first-order valence-corrected chi connectivity index (χ1v) is 8.32. The second kappa shape index (κ2) is 6.89. The molecule has 1 saturated carbocycles. The van der Waals surface area contributed by atoms with Gasteiger partial charge in [-0.05, 0) is 75.6 Å². The van der Waals surface area contributed by atoms with Crippen LogP contribution in [0, 0.1) is 11.7 Å². The molecule has 0 amide bonds. The van der Waals surface area contributed by atoms with Gasteiger partial charge in [0.25, 0.3) is 0 Å². The lowest BCUT2D eigenvalue weighted by Gasteiger charge is -2.21.